The van der Waals surface area contributed by atoms with Crippen LogP contribution in [0.3, 0.4) is 0 Å². The Hall–Kier alpha value is -1.59. The molecule has 0 aliphatic carbocycles. The molecule has 0 bridgehead atoms. The number of hydrogen-bond donors (Lipinski definition) is 1. The standard InChI is InChI=1S/C12H12N2/c13-6-5-10-1-3-11(4-2-10)7-12-8-14-9-12/h1-4,7,14H,5,8-9H2. The lowest BCUT2D eigenvalue weighted by Gasteiger charge is -2.18. The number of nitriles is 1. The second-order valence-corrected chi connectivity index (χ2v) is 3.48. The third kappa shape index (κ3) is 2.01. The van der Waals surface area contributed by atoms with Gasteiger partial charge in [0.1, 0.15) is 0 Å². The van der Waals surface area contributed by atoms with Crippen LogP contribution in [-0.4, -0.2) is 13.1 Å². The van der Waals surface area contributed by atoms with Crippen molar-refractivity contribution in [2.75, 3.05) is 13.1 Å². The fourth-order valence-corrected chi connectivity index (χ4v) is 1.43. The quantitative estimate of drug-likeness (QED) is 0.760. The zero-order valence-corrected chi connectivity index (χ0v) is 7.96. The Balaban J connectivity index is 2.10. The molecule has 0 atom stereocenters. The third-order valence-electron chi connectivity index (χ3n) is 2.34. The first kappa shape index (κ1) is 8.98. The van der Waals surface area contributed by atoms with Gasteiger partial charge in [-0.3, -0.25) is 0 Å². The Morgan fingerprint density at radius 1 is 1.29 bits per heavy atom. The maximum absolute atomic E-state index is 8.51. The summed E-state index contributed by atoms with van der Waals surface area (Å²) in [5, 5.41) is 11.7. The van der Waals surface area contributed by atoms with Crippen molar-refractivity contribution in [1.82, 2.24) is 5.32 Å². The average molecular weight is 184 g/mol. The van der Waals surface area contributed by atoms with Gasteiger partial charge in [0.05, 0.1) is 12.5 Å². The topological polar surface area (TPSA) is 35.8 Å². The number of nitrogens with zero attached hydrogens (tertiary/aromatic N) is 1. The molecule has 0 amide bonds. The molecule has 1 aliphatic heterocycles. The predicted octanol–water partition coefficient (Wildman–Crippen LogP) is 1.74. The second-order valence-electron chi connectivity index (χ2n) is 3.48. The Morgan fingerprint density at radius 2 is 2.00 bits per heavy atom. The van der Waals surface area contributed by atoms with Gasteiger partial charge >= 0.3 is 0 Å². The molecule has 1 aromatic carbocycles. The van der Waals surface area contributed by atoms with E-state index in [-0.39, 0.29) is 0 Å². The zero-order valence-electron chi connectivity index (χ0n) is 7.96. The lowest BCUT2D eigenvalue weighted by molar-refractivity contribution is 0.675. The van der Waals surface area contributed by atoms with Crippen LogP contribution in [0.4, 0.5) is 0 Å². The highest BCUT2D eigenvalue weighted by Gasteiger charge is 2.05. The number of rotatable bonds is 2. The van der Waals surface area contributed by atoms with E-state index in [0.717, 1.165) is 18.7 Å². The van der Waals surface area contributed by atoms with Gasteiger partial charge in [-0.25, -0.2) is 0 Å². The Morgan fingerprint density at radius 3 is 2.50 bits per heavy atom. The van der Waals surface area contributed by atoms with Crippen molar-refractivity contribution < 1.29 is 0 Å². The van der Waals surface area contributed by atoms with Gasteiger partial charge in [0, 0.05) is 13.1 Å². The van der Waals surface area contributed by atoms with Crippen LogP contribution in [-0.2, 0) is 6.42 Å². The fraction of sp³-hybridized carbons (Fsp3) is 0.250. The van der Waals surface area contributed by atoms with Gasteiger partial charge in [0.15, 0.2) is 0 Å². The minimum Gasteiger partial charge on any atom is -0.309 e. The van der Waals surface area contributed by atoms with Gasteiger partial charge in [0.25, 0.3) is 0 Å². The van der Waals surface area contributed by atoms with Crippen molar-refractivity contribution in [2.45, 2.75) is 6.42 Å². The highest BCUT2D eigenvalue weighted by atomic mass is 14.9. The molecule has 0 unspecified atom stereocenters. The summed E-state index contributed by atoms with van der Waals surface area (Å²) < 4.78 is 0. The van der Waals surface area contributed by atoms with Crippen LogP contribution in [0.2, 0.25) is 0 Å². The van der Waals surface area contributed by atoms with Gasteiger partial charge in [-0.2, -0.15) is 5.26 Å². The summed E-state index contributed by atoms with van der Waals surface area (Å²) in [6.07, 6.45) is 2.70. The molecule has 14 heavy (non-hydrogen) atoms. The van der Waals surface area contributed by atoms with E-state index in [1.54, 1.807) is 0 Å². The van der Waals surface area contributed by atoms with E-state index < -0.39 is 0 Å². The van der Waals surface area contributed by atoms with Gasteiger partial charge in [0.2, 0.25) is 0 Å². The molecule has 1 heterocycles. The van der Waals surface area contributed by atoms with Crippen LogP contribution in [0.1, 0.15) is 11.1 Å². The summed E-state index contributed by atoms with van der Waals surface area (Å²) in [5.74, 6) is 0. The molecule has 2 heteroatoms. The first-order valence-corrected chi connectivity index (χ1v) is 4.74. The number of hydrogen-bond acceptors (Lipinski definition) is 2. The molecule has 0 radical (unpaired) electrons. The monoisotopic (exact) mass is 184 g/mol. The molecule has 1 N–H and O–H groups in total. The zero-order chi connectivity index (χ0) is 9.80. The Bertz CT molecular complexity index is 376. The SMILES string of the molecule is N#CCc1ccc(C=C2CNC2)cc1. The number of nitrogens with one attached hydrogen (secondary N) is 1. The first-order chi connectivity index (χ1) is 6.88. The smallest absolute Gasteiger partial charge is 0.0669 e. The molecule has 70 valence electrons. The Kier molecular flexibility index (Phi) is 2.62. The highest BCUT2D eigenvalue weighted by Crippen LogP contribution is 2.11. The largest absolute Gasteiger partial charge is 0.309 e. The van der Waals surface area contributed by atoms with Crippen molar-refractivity contribution in [2.24, 2.45) is 0 Å². The van der Waals surface area contributed by atoms with Crippen molar-refractivity contribution in [3.63, 3.8) is 0 Å². The molecule has 1 saturated heterocycles. The van der Waals surface area contributed by atoms with Crippen LogP contribution in [0.5, 0.6) is 0 Å². The van der Waals surface area contributed by atoms with Crippen molar-refractivity contribution in [3.8, 4) is 6.07 Å². The summed E-state index contributed by atoms with van der Waals surface area (Å²) in [4.78, 5) is 0. The van der Waals surface area contributed by atoms with Crippen LogP contribution >= 0.6 is 0 Å². The van der Waals surface area contributed by atoms with E-state index in [9.17, 15) is 0 Å². The molecular formula is C12H12N2. The van der Waals surface area contributed by atoms with E-state index in [4.69, 9.17) is 5.26 Å². The molecule has 2 nitrogen and oxygen atoms in total. The van der Waals surface area contributed by atoms with Crippen molar-refractivity contribution in [1.29, 1.82) is 5.26 Å². The average Bonchev–Trinajstić information content (AvgIpc) is 2.14. The summed E-state index contributed by atoms with van der Waals surface area (Å²) >= 11 is 0. The maximum atomic E-state index is 8.51. The van der Waals surface area contributed by atoms with Crippen LogP contribution in [0.15, 0.2) is 29.8 Å². The van der Waals surface area contributed by atoms with Crippen LogP contribution in [0, 0.1) is 11.3 Å². The summed E-state index contributed by atoms with van der Waals surface area (Å²) in [6, 6.07) is 10.3. The lowest BCUT2D eigenvalue weighted by atomic mass is 10.0. The molecule has 0 aromatic heterocycles. The van der Waals surface area contributed by atoms with Crippen LogP contribution < -0.4 is 5.32 Å². The lowest BCUT2D eigenvalue weighted by Crippen LogP contribution is -2.33. The second kappa shape index (κ2) is 4.08. The van der Waals surface area contributed by atoms with Gasteiger partial charge in [-0.1, -0.05) is 30.3 Å². The Labute approximate surface area is 83.9 Å². The van der Waals surface area contributed by atoms with E-state index in [1.807, 2.05) is 12.1 Å². The molecule has 2 rings (SSSR count). The molecule has 1 aliphatic rings. The van der Waals surface area contributed by atoms with Crippen molar-refractivity contribution in [3.05, 3.63) is 41.0 Å². The number of benzene rings is 1. The fourth-order valence-electron chi connectivity index (χ4n) is 1.43. The third-order valence-corrected chi connectivity index (χ3v) is 2.34. The van der Waals surface area contributed by atoms with E-state index in [1.165, 1.54) is 11.1 Å². The van der Waals surface area contributed by atoms with Crippen molar-refractivity contribution >= 4 is 6.08 Å². The minimum atomic E-state index is 0.498. The van der Waals surface area contributed by atoms with Gasteiger partial charge in [-0.05, 0) is 16.7 Å². The van der Waals surface area contributed by atoms with Gasteiger partial charge in [-0.15, -0.1) is 0 Å². The summed E-state index contributed by atoms with van der Waals surface area (Å²) in [7, 11) is 0. The maximum Gasteiger partial charge on any atom is 0.0669 e. The highest BCUT2D eigenvalue weighted by molar-refractivity contribution is 5.55. The molecule has 1 fully saturated rings. The first-order valence-electron chi connectivity index (χ1n) is 4.74. The molecule has 0 spiro atoms. The minimum absolute atomic E-state index is 0.498. The van der Waals surface area contributed by atoms with E-state index in [2.05, 4.69) is 29.6 Å². The molecule has 1 aromatic rings. The van der Waals surface area contributed by atoms with Gasteiger partial charge < -0.3 is 5.32 Å². The summed E-state index contributed by atoms with van der Waals surface area (Å²) in [6.45, 7) is 2.03. The van der Waals surface area contributed by atoms with Crippen LogP contribution in [0.25, 0.3) is 6.08 Å². The molecule has 0 saturated carbocycles. The van der Waals surface area contributed by atoms with E-state index in [0.29, 0.717) is 6.42 Å². The molecular weight excluding hydrogens is 172 g/mol. The normalized spacial score (nSPS) is 14.4. The summed E-state index contributed by atoms with van der Waals surface area (Å²) in [5.41, 5.74) is 3.75. The predicted molar refractivity (Wildman–Crippen MR) is 56.6 cm³/mol. The van der Waals surface area contributed by atoms with E-state index >= 15 is 0 Å².